The van der Waals surface area contributed by atoms with Crippen molar-refractivity contribution in [3.05, 3.63) is 65.1 Å². The van der Waals surface area contributed by atoms with Gasteiger partial charge in [0.05, 0.1) is 12.9 Å². The predicted octanol–water partition coefficient (Wildman–Crippen LogP) is 3.32. The van der Waals surface area contributed by atoms with Crippen LogP contribution in [0.2, 0.25) is 0 Å². The van der Waals surface area contributed by atoms with Crippen molar-refractivity contribution < 1.29 is 13.9 Å². The van der Waals surface area contributed by atoms with E-state index in [-0.39, 0.29) is 17.9 Å². The van der Waals surface area contributed by atoms with Crippen LogP contribution >= 0.6 is 0 Å². The molecule has 0 fully saturated rings. The maximum Gasteiger partial charge on any atom is 0.266 e. The van der Waals surface area contributed by atoms with Gasteiger partial charge in [-0.3, -0.25) is 9.59 Å². The largest absolute Gasteiger partial charge is 0.494 e. The van der Waals surface area contributed by atoms with E-state index >= 15 is 0 Å². The summed E-state index contributed by atoms with van der Waals surface area (Å²) < 4.78 is 12.0. The summed E-state index contributed by atoms with van der Waals surface area (Å²) in [6, 6.07) is 13.8. The van der Waals surface area contributed by atoms with Gasteiger partial charge in [0.25, 0.3) is 5.56 Å². The number of carbonyl (C=O) groups excluding carboxylic acids is 1. The van der Waals surface area contributed by atoms with Crippen molar-refractivity contribution in [3.63, 3.8) is 0 Å². The fourth-order valence-corrected chi connectivity index (χ4v) is 2.58. The smallest absolute Gasteiger partial charge is 0.266 e. The third-order valence-corrected chi connectivity index (χ3v) is 3.86. The number of hydrogen-bond donors (Lipinski definition) is 1. The number of ether oxygens (including phenoxy) is 1. The molecule has 0 spiro atoms. The van der Waals surface area contributed by atoms with Gasteiger partial charge in [-0.15, -0.1) is 0 Å². The van der Waals surface area contributed by atoms with Crippen LogP contribution in [0.25, 0.3) is 11.5 Å². The molecule has 0 aliphatic carbocycles. The third kappa shape index (κ3) is 5.07. The van der Waals surface area contributed by atoms with Gasteiger partial charge in [0.2, 0.25) is 5.91 Å². The number of furan rings is 1. The molecule has 140 valence electrons. The molecule has 0 aliphatic rings. The molecule has 3 rings (SSSR count). The van der Waals surface area contributed by atoms with Crippen molar-refractivity contribution in [3.8, 4) is 17.2 Å². The lowest BCUT2D eigenvalue weighted by atomic mass is 10.2. The number of amides is 1. The van der Waals surface area contributed by atoms with Gasteiger partial charge >= 0.3 is 0 Å². The predicted molar refractivity (Wildman–Crippen MR) is 102 cm³/mol. The van der Waals surface area contributed by atoms with Gasteiger partial charge in [0, 0.05) is 24.7 Å². The SMILES string of the molecule is CCOc1ccc(NC(=O)CCCn2nc(-c3ccco3)ccc2=O)cc1. The van der Waals surface area contributed by atoms with E-state index in [1.165, 1.54) is 10.7 Å². The first-order valence-electron chi connectivity index (χ1n) is 8.80. The Balaban J connectivity index is 1.52. The molecule has 7 heteroatoms. The summed E-state index contributed by atoms with van der Waals surface area (Å²) in [6.45, 7) is 2.87. The first-order chi connectivity index (χ1) is 13.2. The van der Waals surface area contributed by atoms with Gasteiger partial charge in [-0.05, 0) is 55.8 Å². The van der Waals surface area contributed by atoms with Gasteiger partial charge in [0.15, 0.2) is 5.76 Å². The lowest BCUT2D eigenvalue weighted by Gasteiger charge is -2.08. The van der Waals surface area contributed by atoms with E-state index in [0.29, 0.717) is 36.7 Å². The summed E-state index contributed by atoms with van der Waals surface area (Å²) in [5, 5.41) is 7.12. The molecular formula is C20H21N3O4. The minimum absolute atomic E-state index is 0.116. The number of carbonyl (C=O) groups is 1. The summed E-state index contributed by atoms with van der Waals surface area (Å²) in [5.74, 6) is 1.24. The van der Waals surface area contributed by atoms with Crippen molar-refractivity contribution in [1.82, 2.24) is 9.78 Å². The Morgan fingerprint density at radius 3 is 2.70 bits per heavy atom. The number of nitrogens with one attached hydrogen (secondary N) is 1. The maximum atomic E-state index is 12.1. The number of aryl methyl sites for hydroxylation is 1. The van der Waals surface area contributed by atoms with E-state index in [0.717, 1.165) is 5.75 Å². The van der Waals surface area contributed by atoms with Crippen LogP contribution in [0.1, 0.15) is 19.8 Å². The molecule has 2 heterocycles. The van der Waals surface area contributed by atoms with Crippen molar-refractivity contribution in [2.45, 2.75) is 26.3 Å². The zero-order valence-corrected chi connectivity index (χ0v) is 15.1. The van der Waals surface area contributed by atoms with Gasteiger partial charge in [-0.1, -0.05) is 0 Å². The van der Waals surface area contributed by atoms with Gasteiger partial charge in [-0.25, -0.2) is 4.68 Å². The monoisotopic (exact) mass is 367 g/mol. The zero-order valence-electron chi connectivity index (χ0n) is 15.1. The molecular weight excluding hydrogens is 346 g/mol. The van der Waals surface area contributed by atoms with E-state index in [1.54, 1.807) is 36.6 Å². The summed E-state index contributed by atoms with van der Waals surface area (Å²) in [7, 11) is 0. The van der Waals surface area contributed by atoms with Crippen molar-refractivity contribution in [2.24, 2.45) is 0 Å². The Bertz CT molecular complexity index is 931. The summed E-state index contributed by atoms with van der Waals surface area (Å²) in [6.07, 6.45) is 2.33. The minimum Gasteiger partial charge on any atom is -0.494 e. The van der Waals surface area contributed by atoms with E-state index < -0.39 is 0 Å². The second-order valence-corrected chi connectivity index (χ2v) is 5.87. The summed E-state index contributed by atoms with van der Waals surface area (Å²) in [4.78, 5) is 24.0. The van der Waals surface area contributed by atoms with E-state index in [2.05, 4.69) is 10.4 Å². The Kier molecular flexibility index (Phi) is 6.04. The molecule has 0 saturated heterocycles. The number of aromatic nitrogens is 2. The second-order valence-electron chi connectivity index (χ2n) is 5.87. The molecule has 0 atom stereocenters. The quantitative estimate of drug-likeness (QED) is 0.660. The number of rotatable bonds is 8. The van der Waals surface area contributed by atoms with Crippen LogP contribution < -0.4 is 15.6 Å². The first kappa shape index (κ1) is 18.4. The molecule has 2 aromatic heterocycles. The van der Waals surface area contributed by atoms with Crippen molar-refractivity contribution in [1.29, 1.82) is 0 Å². The Labute approximate surface area is 156 Å². The standard InChI is InChI=1S/C20H21N3O4/c1-2-26-16-9-7-15(8-10-16)21-19(24)6-3-13-23-20(25)12-11-17(22-23)18-5-4-14-27-18/h4-5,7-12,14H,2-3,6,13H2,1H3,(H,21,24). The summed E-state index contributed by atoms with van der Waals surface area (Å²) in [5.41, 5.74) is 1.08. The van der Waals surface area contributed by atoms with E-state index in [4.69, 9.17) is 9.15 Å². The maximum absolute atomic E-state index is 12.1. The Morgan fingerprint density at radius 2 is 2.00 bits per heavy atom. The first-order valence-corrected chi connectivity index (χ1v) is 8.80. The molecule has 0 bridgehead atoms. The topological polar surface area (TPSA) is 86.4 Å². The van der Waals surface area contributed by atoms with Crippen LogP contribution in [0.15, 0.2) is 64.0 Å². The molecule has 1 aromatic carbocycles. The fraction of sp³-hybridized carbons (Fsp3) is 0.250. The highest BCUT2D eigenvalue weighted by Crippen LogP contribution is 2.16. The number of hydrogen-bond acceptors (Lipinski definition) is 5. The Hall–Kier alpha value is -3.35. The average molecular weight is 367 g/mol. The molecule has 1 N–H and O–H groups in total. The highest BCUT2D eigenvalue weighted by atomic mass is 16.5. The van der Waals surface area contributed by atoms with E-state index in [9.17, 15) is 9.59 Å². The van der Waals surface area contributed by atoms with Crippen molar-refractivity contribution >= 4 is 11.6 Å². The van der Waals surface area contributed by atoms with Crippen LogP contribution in [0, 0.1) is 0 Å². The van der Waals surface area contributed by atoms with Crippen LogP contribution in [-0.2, 0) is 11.3 Å². The third-order valence-electron chi connectivity index (χ3n) is 3.86. The van der Waals surface area contributed by atoms with Crippen molar-refractivity contribution in [2.75, 3.05) is 11.9 Å². The second kappa shape index (κ2) is 8.84. The number of benzene rings is 1. The van der Waals surface area contributed by atoms with Crippen LogP contribution in [0.5, 0.6) is 5.75 Å². The normalized spacial score (nSPS) is 10.6. The Morgan fingerprint density at radius 1 is 1.19 bits per heavy atom. The molecule has 0 radical (unpaired) electrons. The molecule has 7 nitrogen and oxygen atoms in total. The molecule has 1 amide bonds. The highest BCUT2D eigenvalue weighted by molar-refractivity contribution is 5.90. The van der Waals surface area contributed by atoms with Gasteiger partial charge in [-0.2, -0.15) is 5.10 Å². The van der Waals surface area contributed by atoms with Gasteiger partial charge < -0.3 is 14.5 Å². The van der Waals surface area contributed by atoms with Crippen LogP contribution in [0.4, 0.5) is 5.69 Å². The minimum atomic E-state index is -0.211. The number of nitrogens with zero attached hydrogens (tertiary/aromatic N) is 2. The van der Waals surface area contributed by atoms with Gasteiger partial charge in [0.1, 0.15) is 11.4 Å². The molecule has 3 aromatic rings. The number of anilines is 1. The zero-order chi connectivity index (χ0) is 19.1. The fourth-order valence-electron chi connectivity index (χ4n) is 2.58. The van der Waals surface area contributed by atoms with Crippen LogP contribution in [-0.4, -0.2) is 22.3 Å². The lowest BCUT2D eigenvalue weighted by Crippen LogP contribution is -2.23. The van der Waals surface area contributed by atoms with E-state index in [1.807, 2.05) is 19.1 Å². The molecule has 0 aliphatic heterocycles. The van der Waals surface area contributed by atoms with Crippen LogP contribution in [0.3, 0.4) is 0 Å². The average Bonchev–Trinajstić information content (AvgIpc) is 3.20. The molecule has 27 heavy (non-hydrogen) atoms. The lowest BCUT2D eigenvalue weighted by molar-refractivity contribution is -0.116. The molecule has 0 unspecified atom stereocenters. The highest BCUT2D eigenvalue weighted by Gasteiger charge is 2.07. The molecule has 0 saturated carbocycles. The summed E-state index contributed by atoms with van der Waals surface area (Å²) >= 11 is 0.